The number of nitrogens with zero attached hydrogens (tertiary/aromatic N) is 3. The number of carbonyl (C=O) groups excluding carboxylic acids is 1. The molecule has 0 saturated heterocycles. The van der Waals surface area contributed by atoms with Crippen molar-refractivity contribution in [2.24, 2.45) is 0 Å². The molecule has 0 aliphatic heterocycles. The van der Waals surface area contributed by atoms with Crippen molar-refractivity contribution >= 4 is 11.7 Å². The molecule has 0 bridgehead atoms. The van der Waals surface area contributed by atoms with Gasteiger partial charge in [-0.3, -0.25) is 4.79 Å². The monoisotopic (exact) mass is 292 g/mol. The molecule has 1 aromatic heterocycles. The first-order chi connectivity index (χ1) is 10.2. The van der Waals surface area contributed by atoms with Crippen LogP contribution in [0.15, 0.2) is 18.3 Å². The van der Waals surface area contributed by atoms with E-state index in [1.54, 1.807) is 6.20 Å². The van der Waals surface area contributed by atoms with Crippen molar-refractivity contribution in [2.45, 2.75) is 27.7 Å². The quantitative estimate of drug-likeness (QED) is 0.756. The fraction of sp³-hybridized carbons (Fsp3) is 0.625. The maximum atomic E-state index is 12.0. The lowest BCUT2D eigenvalue weighted by atomic mass is 10.2. The summed E-state index contributed by atoms with van der Waals surface area (Å²) in [5.41, 5.74) is 0.616. The van der Waals surface area contributed by atoms with E-state index in [1.165, 1.54) is 0 Å². The fourth-order valence-corrected chi connectivity index (χ4v) is 2.22. The van der Waals surface area contributed by atoms with Crippen LogP contribution < -0.4 is 10.2 Å². The van der Waals surface area contributed by atoms with Gasteiger partial charge in [-0.2, -0.15) is 0 Å². The molecule has 118 valence electrons. The minimum atomic E-state index is -0.0549. The minimum Gasteiger partial charge on any atom is -0.357 e. The lowest BCUT2D eigenvalue weighted by Gasteiger charge is -2.20. The third-order valence-electron chi connectivity index (χ3n) is 3.71. The van der Waals surface area contributed by atoms with Gasteiger partial charge in [-0.15, -0.1) is 0 Å². The van der Waals surface area contributed by atoms with E-state index in [0.717, 1.165) is 38.5 Å². The summed E-state index contributed by atoms with van der Waals surface area (Å²) in [6.45, 7) is 13.8. The van der Waals surface area contributed by atoms with E-state index >= 15 is 0 Å². The number of amides is 1. The third-order valence-corrected chi connectivity index (χ3v) is 3.71. The molecule has 0 unspecified atom stereocenters. The molecule has 0 aliphatic carbocycles. The van der Waals surface area contributed by atoms with Crippen LogP contribution in [0.1, 0.15) is 38.1 Å². The lowest BCUT2D eigenvalue weighted by molar-refractivity contribution is 0.0948. The van der Waals surface area contributed by atoms with Gasteiger partial charge in [0.05, 0.1) is 5.56 Å². The fourth-order valence-electron chi connectivity index (χ4n) is 2.22. The Morgan fingerprint density at radius 3 is 2.24 bits per heavy atom. The molecule has 1 aromatic rings. The van der Waals surface area contributed by atoms with Crippen molar-refractivity contribution in [2.75, 3.05) is 44.2 Å². The molecule has 0 saturated carbocycles. The highest BCUT2D eigenvalue weighted by Gasteiger charge is 2.08. The Morgan fingerprint density at radius 2 is 1.76 bits per heavy atom. The number of carbonyl (C=O) groups is 1. The van der Waals surface area contributed by atoms with E-state index in [4.69, 9.17) is 0 Å². The number of pyridine rings is 1. The van der Waals surface area contributed by atoms with Gasteiger partial charge >= 0.3 is 0 Å². The average molecular weight is 292 g/mol. The number of hydrogen-bond acceptors (Lipinski definition) is 4. The standard InChI is InChI=1S/C16H28N4O/c1-5-19(6-2)12-11-17-16(21)14-9-10-15(18-13-14)20(7-3)8-4/h9-10,13H,5-8,11-12H2,1-4H3,(H,17,21). The molecule has 0 aliphatic rings. The Balaban J connectivity index is 2.51. The van der Waals surface area contributed by atoms with Crippen LogP contribution in [0.4, 0.5) is 5.82 Å². The predicted octanol–water partition coefficient (Wildman–Crippen LogP) is 2.00. The topological polar surface area (TPSA) is 48.5 Å². The third kappa shape index (κ3) is 5.34. The molecular formula is C16H28N4O. The molecule has 0 spiro atoms. The first kappa shape index (κ1) is 17.4. The molecule has 1 amide bonds. The Kier molecular flexibility index (Phi) is 7.75. The van der Waals surface area contributed by atoms with Crippen molar-refractivity contribution in [1.29, 1.82) is 0 Å². The Hall–Kier alpha value is -1.62. The number of rotatable bonds is 9. The van der Waals surface area contributed by atoms with E-state index in [-0.39, 0.29) is 5.91 Å². The molecule has 1 N–H and O–H groups in total. The van der Waals surface area contributed by atoms with Gasteiger partial charge in [0, 0.05) is 32.4 Å². The summed E-state index contributed by atoms with van der Waals surface area (Å²) >= 11 is 0. The second kappa shape index (κ2) is 9.34. The Labute approximate surface area is 128 Å². The van der Waals surface area contributed by atoms with Crippen molar-refractivity contribution in [3.05, 3.63) is 23.9 Å². The maximum absolute atomic E-state index is 12.0. The van der Waals surface area contributed by atoms with Crippen LogP contribution in [0.25, 0.3) is 0 Å². The van der Waals surface area contributed by atoms with Gasteiger partial charge in [-0.05, 0) is 39.1 Å². The molecular weight excluding hydrogens is 264 g/mol. The minimum absolute atomic E-state index is 0.0549. The summed E-state index contributed by atoms with van der Waals surface area (Å²) in [7, 11) is 0. The summed E-state index contributed by atoms with van der Waals surface area (Å²) in [5.74, 6) is 0.862. The second-order valence-electron chi connectivity index (χ2n) is 4.86. The summed E-state index contributed by atoms with van der Waals surface area (Å²) in [6.07, 6.45) is 1.65. The van der Waals surface area contributed by atoms with Crippen LogP contribution in [0.5, 0.6) is 0 Å². The SMILES string of the molecule is CCN(CC)CCNC(=O)c1ccc(N(CC)CC)nc1. The molecule has 21 heavy (non-hydrogen) atoms. The van der Waals surface area contributed by atoms with Crippen molar-refractivity contribution in [3.63, 3.8) is 0 Å². The zero-order valence-electron chi connectivity index (χ0n) is 13.7. The average Bonchev–Trinajstić information content (AvgIpc) is 2.53. The van der Waals surface area contributed by atoms with E-state index in [9.17, 15) is 4.79 Å². The van der Waals surface area contributed by atoms with E-state index in [1.807, 2.05) is 12.1 Å². The molecule has 0 radical (unpaired) electrons. The van der Waals surface area contributed by atoms with Crippen LogP contribution in [0.2, 0.25) is 0 Å². The van der Waals surface area contributed by atoms with Gasteiger partial charge in [0.2, 0.25) is 0 Å². The number of nitrogens with one attached hydrogen (secondary N) is 1. The van der Waals surface area contributed by atoms with Gasteiger partial charge in [-0.25, -0.2) is 4.98 Å². The van der Waals surface area contributed by atoms with Crippen LogP contribution >= 0.6 is 0 Å². The molecule has 0 fully saturated rings. The van der Waals surface area contributed by atoms with Gasteiger partial charge in [-0.1, -0.05) is 13.8 Å². The van der Waals surface area contributed by atoms with Crippen LogP contribution in [0, 0.1) is 0 Å². The molecule has 5 nitrogen and oxygen atoms in total. The van der Waals surface area contributed by atoms with Crippen LogP contribution in [-0.4, -0.2) is 55.1 Å². The van der Waals surface area contributed by atoms with E-state index in [2.05, 4.69) is 47.8 Å². The number of hydrogen-bond donors (Lipinski definition) is 1. The summed E-state index contributed by atoms with van der Waals surface area (Å²) in [4.78, 5) is 20.8. The van der Waals surface area contributed by atoms with Gasteiger partial charge < -0.3 is 15.1 Å². The van der Waals surface area contributed by atoms with Gasteiger partial charge in [0.25, 0.3) is 5.91 Å². The van der Waals surface area contributed by atoms with Gasteiger partial charge in [0.15, 0.2) is 0 Å². The number of anilines is 1. The first-order valence-electron chi connectivity index (χ1n) is 7.87. The molecule has 1 heterocycles. The maximum Gasteiger partial charge on any atom is 0.252 e. The molecule has 5 heteroatoms. The molecule has 0 atom stereocenters. The second-order valence-corrected chi connectivity index (χ2v) is 4.86. The highest BCUT2D eigenvalue weighted by Crippen LogP contribution is 2.10. The van der Waals surface area contributed by atoms with Crippen molar-refractivity contribution in [3.8, 4) is 0 Å². The highest BCUT2D eigenvalue weighted by molar-refractivity contribution is 5.94. The largest absolute Gasteiger partial charge is 0.357 e. The van der Waals surface area contributed by atoms with Gasteiger partial charge in [0.1, 0.15) is 5.82 Å². The Bertz CT molecular complexity index is 411. The zero-order chi connectivity index (χ0) is 15.7. The summed E-state index contributed by atoms with van der Waals surface area (Å²) < 4.78 is 0. The number of aromatic nitrogens is 1. The Morgan fingerprint density at radius 1 is 1.10 bits per heavy atom. The van der Waals surface area contributed by atoms with Crippen molar-refractivity contribution in [1.82, 2.24) is 15.2 Å². The predicted molar refractivity (Wildman–Crippen MR) is 87.9 cm³/mol. The normalized spacial score (nSPS) is 10.7. The van der Waals surface area contributed by atoms with E-state index in [0.29, 0.717) is 12.1 Å². The highest BCUT2D eigenvalue weighted by atomic mass is 16.1. The smallest absolute Gasteiger partial charge is 0.252 e. The molecule has 1 rings (SSSR count). The number of likely N-dealkylation sites (N-methyl/N-ethyl adjacent to an activating group) is 1. The van der Waals surface area contributed by atoms with Crippen molar-refractivity contribution < 1.29 is 4.79 Å². The summed E-state index contributed by atoms with van der Waals surface area (Å²) in [6, 6.07) is 3.75. The zero-order valence-corrected chi connectivity index (χ0v) is 13.7. The lowest BCUT2D eigenvalue weighted by Crippen LogP contribution is -2.34. The first-order valence-corrected chi connectivity index (χ1v) is 7.87. The van der Waals surface area contributed by atoms with Crippen LogP contribution in [-0.2, 0) is 0 Å². The van der Waals surface area contributed by atoms with Crippen LogP contribution in [0.3, 0.4) is 0 Å². The molecule has 0 aromatic carbocycles. The van der Waals surface area contributed by atoms with E-state index < -0.39 is 0 Å². The summed E-state index contributed by atoms with van der Waals surface area (Å²) in [5, 5.41) is 2.94.